The number of amides is 1. The highest BCUT2D eigenvalue weighted by molar-refractivity contribution is 6.05. The van der Waals surface area contributed by atoms with E-state index < -0.39 is 17.7 Å². The van der Waals surface area contributed by atoms with Gasteiger partial charge in [-0.25, -0.2) is 4.79 Å². The molecule has 120 valence electrons. The van der Waals surface area contributed by atoms with Crippen molar-refractivity contribution in [3.05, 3.63) is 29.8 Å². The molecule has 1 aliphatic heterocycles. The van der Waals surface area contributed by atoms with Crippen molar-refractivity contribution in [2.24, 2.45) is 0 Å². The van der Waals surface area contributed by atoms with E-state index in [9.17, 15) is 9.59 Å². The smallest absolute Gasteiger partial charge is 0.410 e. The van der Waals surface area contributed by atoms with Gasteiger partial charge in [0.15, 0.2) is 5.78 Å². The van der Waals surface area contributed by atoms with Gasteiger partial charge in [0.05, 0.1) is 6.04 Å². The minimum absolute atomic E-state index is 0.108. The molecule has 0 aromatic heterocycles. The van der Waals surface area contributed by atoms with Crippen molar-refractivity contribution in [2.45, 2.75) is 51.7 Å². The van der Waals surface area contributed by atoms with Crippen LogP contribution in [0.15, 0.2) is 24.3 Å². The number of hydrogen-bond donors (Lipinski definition) is 1. The number of nitrogens with two attached hydrogens (primary N) is 1. The highest BCUT2D eigenvalue weighted by Gasteiger charge is 2.35. The summed E-state index contributed by atoms with van der Waals surface area (Å²) in [7, 11) is 0. The number of likely N-dealkylation sites (tertiary alicyclic amines) is 1. The van der Waals surface area contributed by atoms with Crippen molar-refractivity contribution in [3.8, 4) is 0 Å². The van der Waals surface area contributed by atoms with Gasteiger partial charge in [-0.3, -0.25) is 9.69 Å². The van der Waals surface area contributed by atoms with Gasteiger partial charge >= 0.3 is 6.09 Å². The van der Waals surface area contributed by atoms with Crippen LogP contribution in [-0.2, 0) is 4.74 Å². The maximum absolute atomic E-state index is 12.8. The van der Waals surface area contributed by atoms with Gasteiger partial charge in [0.2, 0.25) is 0 Å². The molecule has 0 aliphatic carbocycles. The molecule has 5 nitrogen and oxygen atoms in total. The van der Waals surface area contributed by atoms with Crippen molar-refractivity contribution in [3.63, 3.8) is 0 Å². The van der Waals surface area contributed by atoms with Gasteiger partial charge in [-0.2, -0.15) is 0 Å². The van der Waals surface area contributed by atoms with Crippen LogP contribution in [0.25, 0.3) is 0 Å². The third-order valence-electron chi connectivity index (χ3n) is 3.66. The lowest BCUT2D eigenvalue weighted by Gasteiger charge is -2.36. The van der Waals surface area contributed by atoms with Crippen LogP contribution in [-0.4, -0.2) is 35.0 Å². The Morgan fingerprint density at radius 3 is 2.55 bits per heavy atom. The van der Waals surface area contributed by atoms with Crippen LogP contribution in [0.5, 0.6) is 0 Å². The fourth-order valence-electron chi connectivity index (χ4n) is 2.64. The second kappa shape index (κ2) is 6.38. The van der Waals surface area contributed by atoms with Crippen LogP contribution in [0, 0.1) is 0 Å². The molecule has 2 N–H and O–H groups in total. The first-order valence-corrected chi connectivity index (χ1v) is 7.68. The van der Waals surface area contributed by atoms with Crippen LogP contribution in [0.4, 0.5) is 10.5 Å². The normalized spacial score (nSPS) is 18.9. The minimum atomic E-state index is -0.575. The van der Waals surface area contributed by atoms with E-state index in [0.29, 0.717) is 24.2 Å². The molecule has 1 aromatic carbocycles. The number of hydrogen-bond acceptors (Lipinski definition) is 4. The predicted octanol–water partition coefficient (Wildman–Crippen LogP) is 3.24. The summed E-state index contributed by atoms with van der Waals surface area (Å²) < 4.78 is 5.43. The maximum Gasteiger partial charge on any atom is 0.410 e. The summed E-state index contributed by atoms with van der Waals surface area (Å²) in [6.07, 6.45) is 2.02. The number of carbonyl (C=O) groups excluding carboxylic acids is 2. The molecule has 0 spiro atoms. The number of anilines is 1. The zero-order chi connectivity index (χ0) is 16.3. The van der Waals surface area contributed by atoms with Crippen molar-refractivity contribution < 1.29 is 14.3 Å². The van der Waals surface area contributed by atoms with Gasteiger partial charge < -0.3 is 10.5 Å². The summed E-state index contributed by atoms with van der Waals surface area (Å²) in [5, 5.41) is 0. The highest BCUT2D eigenvalue weighted by Crippen LogP contribution is 2.25. The van der Waals surface area contributed by atoms with Gasteiger partial charge in [-0.05, 0) is 52.2 Å². The standard InChI is InChI=1S/C17H24N2O3/c1-17(2,3)22-16(21)19-11-7-6-10-14(19)15(20)12-8-4-5-9-13(12)18/h4-5,8-9,14H,6-7,10-11,18H2,1-3H3/t14-/m0/s1. The van der Waals surface area contributed by atoms with Crippen molar-refractivity contribution in [1.29, 1.82) is 0 Å². The molecule has 1 atom stereocenters. The molecule has 2 rings (SSSR count). The van der Waals surface area contributed by atoms with Gasteiger partial charge in [-0.15, -0.1) is 0 Å². The number of piperidine rings is 1. The monoisotopic (exact) mass is 304 g/mol. The summed E-state index contributed by atoms with van der Waals surface area (Å²) >= 11 is 0. The molecular formula is C17H24N2O3. The van der Waals surface area contributed by atoms with Gasteiger partial charge in [-0.1, -0.05) is 12.1 Å². The Balaban J connectivity index is 2.21. The number of para-hydroxylation sites is 1. The SMILES string of the molecule is CC(C)(C)OC(=O)N1CCCC[C@H]1C(=O)c1ccccc1N. The fraction of sp³-hybridized carbons (Fsp3) is 0.529. The third kappa shape index (κ3) is 3.78. The number of ether oxygens (including phenoxy) is 1. The first-order valence-electron chi connectivity index (χ1n) is 7.68. The fourth-order valence-corrected chi connectivity index (χ4v) is 2.64. The van der Waals surface area contributed by atoms with Crippen LogP contribution < -0.4 is 5.73 Å². The number of benzene rings is 1. The van der Waals surface area contributed by atoms with E-state index in [1.165, 1.54) is 0 Å². The van der Waals surface area contributed by atoms with Crippen LogP contribution in [0.3, 0.4) is 0 Å². The first-order chi connectivity index (χ1) is 10.3. The lowest BCUT2D eigenvalue weighted by atomic mass is 9.94. The summed E-state index contributed by atoms with van der Waals surface area (Å²) in [5.41, 5.74) is 6.24. The Morgan fingerprint density at radius 1 is 1.23 bits per heavy atom. The summed E-state index contributed by atoms with van der Waals surface area (Å²) in [6, 6.07) is 6.49. The number of nitrogens with zero attached hydrogens (tertiary/aromatic N) is 1. The third-order valence-corrected chi connectivity index (χ3v) is 3.66. The molecule has 0 unspecified atom stereocenters. The summed E-state index contributed by atoms with van der Waals surface area (Å²) in [6.45, 7) is 6.00. The van der Waals surface area contributed by atoms with E-state index >= 15 is 0 Å². The van der Waals surface area contributed by atoms with Crippen LogP contribution in [0.1, 0.15) is 50.4 Å². The Kier molecular flexibility index (Phi) is 4.74. The molecule has 1 aromatic rings. The molecule has 0 saturated carbocycles. The molecule has 0 bridgehead atoms. The van der Waals surface area contributed by atoms with Crippen molar-refractivity contribution >= 4 is 17.6 Å². The molecule has 1 heterocycles. The molecule has 1 fully saturated rings. The van der Waals surface area contributed by atoms with E-state index in [1.54, 1.807) is 29.2 Å². The van der Waals surface area contributed by atoms with Crippen LogP contribution in [0.2, 0.25) is 0 Å². The zero-order valence-corrected chi connectivity index (χ0v) is 13.5. The van der Waals surface area contributed by atoms with E-state index in [-0.39, 0.29) is 5.78 Å². The Hall–Kier alpha value is -2.04. The summed E-state index contributed by atoms with van der Waals surface area (Å²) in [5.74, 6) is -0.108. The maximum atomic E-state index is 12.8. The van der Waals surface area contributed by atoms with Crippen molar-refractivity contribution in [1.82, 2.24) is 4.90 Å². The highest BCUT2D eigenvalue weighted by atomic mass is 16.6. The van der Waals surface area contributed by atoms with Crippen molar-refractivity contribution in [2.75, 3.05) is 12.3 Å². The van der Waals surface area contributed by atoms with E-state index in [0.717, 1.165) is 12.8 Å². The lowest BCUT2D eigenvalue weighted by Crippen LogP contribution is -2.49. The Labute approximate surface area is 131 Å². The van der Waals surface area contributed by atoms with Crippen LogP contribution >= 0.6 is 0 Å². The Bertz CT molecular complexity index is 563. The number of nitrogen functional groups attached to an aromatic ring is 1. The van der Waals surface area contributed by atoms with Gasteiger partial charge in [0, 0.05) is 17.8 Å². The molecule has 1 saturated heterocycles. The zero-order valence-electron chi connectivity index (χ0n) is 13.5. The Morgan fingerprint density at radius 2 is 1.91 bits per heavy atom. The minimum Gasteiger partial charge on any atom is -0.444 e. The van der Waals surface area contributed by atoms with E-state index in [1.807, 2.05) is 20.8 Å². The number of Topliss-reactive ketones (excluding diaryl/α,β-unsaturated/α-hetero) is 1. The van der Waals surface area contributed by atoms with E-state index in [2.05, 4.69) is 0 Å². The first kappa shape index (κ1) is 16.3. The molecule has 1 aliphatic rings. The number of carbonyl (C=O) groups is 2. The average Bonchev–Trinajstić information content (AvgIpc) is 2.45. The topological polar surface area (TPSA) is 72.6 Å². The molecule has 5 heteroatoms. The largest absolute Gasteiger partial charge is 0.444 e. The lowest BCUT2D eigenvalue weighted by molar-refractivity contribution is 0.0105. The van der Waals surface area contributed by atoms with Gasteiger partial charge in [0.1, 0.15) is 5.60 Å². The number of ketones is 1. The number of rotatable bonds is 2. The quantitative estimate of drug-likeness (QED) is 0.672. The van der Waals surface area contributed by atoms with E-state index in [4.69, 9.17) is 10.5 Å². The second-order valence-electron chi connectivity index (χ2n) is 6.64. The predicted molar refractivity (Wildman–Crippen MR) is 85.8 cm³/mol. The average molecular weight is 304 g/mol. The molecule has 22 heavy (non-hydrogen) atoms. The second-order valence-corrected chi connectivity index (χ2v) is 6.64. The molecular weight excluding hydrogens is 280 g/mol. The van der Waals surface area contributed by atoms with Gasteiger partial charge in [0.25, 0.3) is 0 Å². The summed E-state index contributed by atoms with van der Waals surface area (Å²) in [4.78, 5) is 26.7. The molecule has 1 amide bonds. The molecule has 0 radical (unpaired) electrons.